The Hall–Kier alpha value is -2.20. The van der Waals surface area contributed by atoms with Gasteiger partial charge in [0, 0.05) is 16.9 Å². The van der Waals surface area contributed by atoms with Crippen LogP contribution in [0.25, 0.3) is 0 Å². The van der Waals surface area contributed by atoms with E-state index in [1.54, 1.807) is 12.4 Å². The SMILES string of the molecule is Brc1cccc(N(c2ccccn2)c2ccccn2)c1. The summed E-state index contributed by atoms with van der Waals surface area (Å²) in [5, 5.41) is 0. The number of anilines is 3. The molecule has 0 aliphatic carbocycles. The maximum Gasteiger partial charge on any atom is 0.138 e. The van der Waals surface area contributed by atoms with E-state index >= 15 is 0 Å². The molecular weight excluding hydrogens is 314 g/mol. The van der Waals surface area contributed by atoms with Crippen molar-refractivity contribution in [3.63, 3.8) is 0 Å². The minimum absolute atomic E-state index is 0.837. The second-order valence-corrected chi connectivity index (χ2v) is 5.11. The molecule has 3 aromatic rings. The molecule has 0 aliphatic heterocycles. The van der Waals surface area contributed by atoms with Crippen LogP contribution in [0.3, 0.4) is 0 Å². The van der Waals surface area contributed by atoms with E-state index < -0.39 is 0 Å². The Morgan fingerprint density at radius 3 is 1.90 bits per heavy atom. The molecule has 1 aromatic carbocycles. The van der Waals surface area contributed by atoms with Crippen LogP contribution in [0.2, 0.25) is 0 Å². The zero-order valence-electron chi connectivity index (χ0n) is 10.6. The highest BCUT2D eigenvalue weighted by atomic mass is 79.9. The molecule has 0 N–H and O–H groups in total. The van der Waals surface area contributed by atoms with E-state index in [9.17, 15) is 0 Å². The molecule has 0 saturated carbocycles. The maximum atomic E-state index is 4.43. The third-order valence-electron chi connectivity index (χ3n) is 2.82. The number of rotatable bonds is 3. The van der Waals surface area contributed by atoms with Gasteiger partial charge < -0.3 is 0 Å². The van der Waals surface area contributed by atoms with Crippen LogP contribution in [0.1, 0.15) is 0 Å². The van der Waals surface area contributed by atoms with Crippen LogP contribution < -0.4 is 4.90 Å². The molecule has 0 spiro atoms. The summed E-state index contributed by atoms with van der Waals surface area (Å²) in [6, 6.07) is 19.8. The largest absolute Gasteiger partial charge is 0.279 e. The second kappa shape index (κ2) is 5.84. The third-order valence-corrected chi connectivity index (χ3v) is 3.32. The molecule has 2 aromatic heterocycles. The first-order valence-electron chi connectivity index (χ1n) is 6.22. The summed E-state index contributed by atoms with van der Waals surface area (Å²) >= 11 is 3.51. The Kier molecular flexibility index (Phi) is 3.74. The van der Waals surface area contributed by atoms with Gasteiger partial charge in [-0.15, -0.1) is 0 Å². The van der Waals surface area contributed by atoms with E-state index in [0.717, 1.165) is 21.8 Å². The van der Waals surface area contributed by atoms with Crippen molar-refractivity contribution in [3.05, 3.63) is 77.5 Å². The first-order valence-corrected chi connectivity index (χ1v) is 7.02. The van der Waals surface area contributed by atoms with Crippen LogP contribution in [0.5, 0.6) is 0 Å². The van der Waals surface area contributed by atoms with Gasteiger partial charge in [0.1, 0.15) is 11.6 Å². The lowest BCUT2D eigenvalue weighted by Gasteiger charge is -2.22. The summed E-state index contributed by atoms with van der Waals surface area (Å²) in [6.07, 6.45) is 3.56. The Morgan fingerprint density at radius 2 is 1.40 bits per heavy atom. The van der Waals surface area contributed by atoms with Crippen LogP contribution in [-0.4, -0.2) is 9.97 Å². The van der Waals surface area contributed by atoms with Gasteiger partial charge in [0.2, 0.25) is 0 Å². The normalized spacial score (nSPS) is 10.2. The molecule has 4 heteroatoms. The van der Waals surface area contributed by atoms with E-state index in [-0.39, 0.29) is 0 Å². The maximum absolute atomic E-state index is 4.43. The van der Waals surface area contributed by atoms with Gasteiger partial charge in [0.15, 0.2) is 0 Å². The summed E-state index contributed by atoms with van der Waals surface area (Å²) in [5.74, 6) is 1.67. The molecule has 3 nitrogen and oxygen atoms in total. The molecule has 0 bridgehead atoms. The van der Waals surface area contributed by atoms with Crippen molar-refractivity contribution in [2.24, 2.45) is 0 Å². The van der Waals surface area contributed by atoms with E-state index in [1.165, 1.54) is 0 Å². The van der Waals surface area contributed by atoms with Gasteiger partial charge in [0.25, 0.3) is 0 Å². The van der Waals surface area contributed by atoms with Crippen LogP contribution in [0.4, 0.5) is 17.3 Å². The van der Waals surface area contributed by atoms with Crippen molar-refractivity contribution in [2.75, 3.05) is 4.90 Å². The number of hydrogen-bond donors (Lipinski definition) is 0. The van der Waals surface area contributed by atoms with Gasteiger partial charge in [-0.2, -0.15) is 0 Å². The highest BCUT2D eigenvalue weighted by Gasteiger charge is 2.13. The fraction of sp³-hybridized carbons (Fsp3) is 0. The third kappa shape index (κ3) is 2.70. The predicted octanol–water partition coefficient (Wildman–Crippen LogP) is 4.71. The van der Waals surface area contributed by atoms with Gasteiger partial charge in [-0.05, 0) is 42.5 Å². The minimum atomic E-state index is 0.837. The van der Waals surface area contributed by atoms with Gasteiger partial charge in [-0.25, -0.2) is 9.97 Å². The highest BCUT2D eigenvalue weighted by Crippen LogP contribution is 2.32. The van der Waals surface area contributed by atoms with Crippen LogP contribution in [-0.2, 0) is 0 Å². The molecule has 0 fully saturated rings. The summed E-state index contributed by atoms with van der Waals surface area (Å²) in [5.41, 5.74) is 1.01. The lowest BCUT2D eigenvalue weighted by Crippen LogP contribution is -2.12. The van der Waals surface area contributed by atoms with E-state index in [4.69, 9.17) is 0 Å². The van der Waals surface area contributed by atoms with Crippen molar-refractivity contribution in [1.82, 2.24) is 9.97 Å². The van der Waals surface area contributed by atoms with E-state index in [0.29, 0.717) is 0 Å². The van der Waals surface area contributed by atoms with Gasteiger partial charge >= 0.3 is 0 Å². The van der Waals surface area contributed by atoms with E-state index in [2.05, 4.69) is 25.9 Å². The minimum Gasteiger partial charge on any atom is -0.279 e. The Balaban J connectivity index is 2.14. The van der Waals surface area contributed by atoms with Crippen LogP contribution in [0.15, 0.2) is 77.5 Å². The Bertz CT molecular complexity index is 647. The molecule has 2 heterocycles. The molecule has 0 radical (unpaired) electrons. The fourth-order valence-electron chi connectivity index (χ4n) is 1.97. The molecule has 0 saturated heterocycles. The first-order chi connectivity index (χ1) is 9.84. The zero-order valence-corrected chi connectivity index (χ0v) is 12.2. The topological polar surface area (TPSA) is 29.0 Å². The summed E-state index contributed by atoms with van der Waals surface area (Å²) in [4.78, 5) is 10.9. The van der Waals surface area contributed by atoms with E-state index in [1.807, 2.05) is 65.6 Å². The fourth-order valence-corrected chi connectivity index (χ4v) is 2.36. The molecule has 0 unspecified atom stereocenters. The average Bonchev–Trinajstić information content (AvgIpc) is 2.50. The van der Waals surface area contributed by atoms with Gasteiger partial charge in [-0.3, -0.25) is 4.90 Å². The quantitative estimate of drug-likeness (QED) is 0.698. The molecule has 0 aliphatic rings. The molecule has 98 valence electrons. The number of aromatic nitrogens is 2. The number of halogens is 1. The molecule has 20 heavy (non-hydrogen) atoms. The van der Waals surface area contributed by atoms with Crippen molar-refractivity contribution >= 4 is 33.3 Å². The van der Waals surface area contributed by atoms with Crippen molar-refractivity contribution in [3.8, 4) is 0 Å². The number of benzene rings is 1. The summed E-state index contributed by atoms with van der Waals surface area (Å²) in [7, 11) is 0. The van der Waals surface area contributed by atoms with Crippen molar-refractivity contribution in [2.45, 2.75) is 0 Å². The lowest BCUT2D eigenvalue weighted by molar-refractivity contribution is 1.12. The number of nitrogens with zero attached hydrogens (tertiary/aromatic N) is 3. The monoisotopic (exact) mass is 325 g/mol. The Morgan fingerprint density at radius 1 is 0.750 bits per heavy atom. The number of hydrogen-bond acceptors (Lipinski definition) is 3. The van der Waals surface area contributed by atoms with Crippen LogP contribution in [0, 0.1) is 0 Å². The zero-order chi connectivity index (χ0) is 13.8. The summed E-state index contributed by atoms with van der Waals surface area (Å²) < 4.78 is 1.02. The predicted molar refractivity (Wildman–Crippen MR) is 84.4 cm³/mol. The summed E-state index contributed by atoms with van der Waals surface area (Å²) in [6.45, 7) is 0. The lowest BCUT2D eigenvalue weighted by atomic mass is 10.2. The molecule has 3 rings (SSSR count). The van der Waals surface area contributed by atoms with Crippen LogP contribution >= 0.6 is 15.9 Å². The first kappa shape index (κ1) is 12.8. The smallest absolute Gasteiger partial charge is 0.138 e. The highest BCUT2D eigenvalue weighted by molar-refractivity contribution is 9.10. The van der Waals surface area contributed by atoms with Gasteiger partial charge in [0.05, 0.1) is 5.69 Å². The second-order valence-electron chi connectivity index (χ2n) is 4.19. The Labute approximate surface area is 126 Å². The van der Waals surface area contributed by atoms with Gasteiger partial charge in [-0.1, -0.05) is 34.1 Å². The molecule has 0 amide bonds. The molecular formula is C16H12BrN3. The average molecular weight is 326 g/mol. The number of pyridine rings is 2. The molecule has 0 atom stereocenters. The standard InChI is InChI=1S/C16H12BrN3/c17-13-6-5-7-14(12-13)20(15-8-1-3-10-18-15)16-9-2-4-11-19-16/h1-12H. The van der Waals surface area contributed by atoms with Crippen molar-refractivity contribution in [1.29, 1.82) is 0 Å². The van der Waals surface area contributed by atoms with Crippen molar-refractivity contribution < 1.29 is 0 Å².